The van der Waals surface area contributed by atoms with Gasteiger partial charge >= 0.3 is 5.97 Å². The molecule has 0 atom stereocenters. The van der Waals surface area contributed by atoms with Gasteiger partial charge < -0.3 is 19.3 Å². The molecule has 4 aromatic rings. The van der Waals surface area contributed by atoms with Crippen LogP contribution in [0.15, 0.2) is 70.7 Å². The van der Waals surface area contributed by atoms with Crippen molar-refractivity contribution < 1.29 is 24.1 Å². The van der Waals surface area contributed by atoms with Crippen LogP contribution < -0.4 is 14.2 Å². The van der Waals surface area contributed by atoms with Gasteiger partial charge in [-0.05, 0) is 65.4 Å². The second-order valence-corrected chi connectivity index (χ2v) is 9.42. The van der Waals surface area contributed by atoms with E-state index in [2.05, 4.69) is 15.2 Å². The molecule has 8 nitrogen and oxygen atoms in total. The summed E-state index contributed by atoms with van der Waals surface area (Å²) in [5, 5.41) is 17.9. The third kappa shape index (κ3) is 6.97. The van der Waals surface area contributed by atoms with Crippen molar-refractivity contribution in [2.45, 2.75) is 11.8 Å². The average molecular weight is 558 g/mol. The summed E-state index contributed by atoms with van der Waals surface area (Å²) in [5.41, 5.74) is 2.18. The molecule has 1 aromatic heterocycles. The minimum absolute atomic E-state index is 0.0374. The second kappa shape index (κ2) is 12.1. The fraction of sp³-hybridized carbons (Fsp3) is 0.115. The number of H-pyrrole nitrogens is 1. The van der Waals surface area contributed by atoms with Crippen LogP contribution in [0.2, 0.25) is 10.0 Å². The van der Waals surface area contributed by atoms with Crippen molar-refractivity contribution in [3.05, 3.63) is 86.7 Å². The fourth-order valence-corrected chi connectivity index (χ4v) is 4.27. The van der Waals surface area contributed by atoms with E-state index in [1.165, 1.54) is 6.08 Å². The van der Waals surface area contributed by atoms with Gasteiger partial charge in [0.2, 0.25) is 5.16 Å². The van der Waals surface area contributed by atoms with E-state index >= 15 is 0 Å². The molecule has 37 heavy (non-hydrogen) atoms. The van der Waals surface area contributed by atoms with Gasteiger partial charge in [0.25, 0.3) is 0 Å². The summed E-state index contributed by atoms with van der Waals surface area (Å²) >= 11 is 12.9. The normalized spacial score (nSPS) is 11.3. The first kappa shape index (κ1) is 26.4. The largest absolute Gasteiger partial charge is 0.497 e. The van der Waals surface area contributed by atoms with Crippen LogP contribution in [0.4, 0.5) is 0 Å². The van der Waals surface area contributed by atoms with Gasteiger partial charge in [-0.25, -0.2) is 9.78 Å². The monoisotopic (exact) mass is 557 g/mol. The zero-order chi connectivity index (χ0) is 26.4. The number of hydrogen-bond donors (Lipinski definition) is 2. The smallest absolute Gasteiger partial charge is 0.342 e. The first-order valence-electron chi connectivity index (χ1n) is 10.8. The van der Waals surface area contributed by atoms with E-state index < -0.39 is 5.97 Å². The number of thioether (sulfide) groups is 1. The van der Waals surface area contributed by atoms with Crippen molar-refractivity contribution >= 4 is 47.0 Å². The number of nitrogens with zero attached hydrogens (tertiary/aromatic N) is 2. The first-order chi connectivity index (χ1) is 17.8. The van der Waals surface area contributed by atoms with Gasteiger partial charge in [0.1, 0.15) is 28.8 Å². The van der Waals surface area contributed by atoms with Crippen molar-refractivity contribution in [1.82, 2.24) is 15.2 Å². The molecule has 190 valence electrons. The number of methoxy groups -OCH3 is 2. The maximum Gasteiger partial charge on any atom is 0.342 e. The number of aromatic amines is 1. The highest BCUT2D eigenvalue weighted by molar-refractivity contribution is 8.04. The number of nitrogens with one attached hydrogen (secondary N) is 1. The molecule has 0 unspecified atom stereocenters. The maximum atomic E-state index is 12.0. The topological polar surface area (TPSA) is 107 Å². The zero-order valence-electron chi connectivity index (χ0n) is 19.7. The Morgan fingerprint density at radius 3 is 2.43 bits per heavy atom. The van der Waals surface area contributed by atoms with Crippen LogP contribution in [-0.2, 0) is 11.4 Å². The Balaban J connectivity index is 1.50. The molecular weight excluding hydrogens is 537 g/mol. The number of carbonyl (C=O) groups is 1. The Hall–Kier alpha value is -3.66. The van der Waals surface area contributed by atoms with Crippen LogP contribution in [0.3, 0.4) is 0 Å². The number of rotatable bonds is 10. The standard InChI is InChI=1S/C26H21Cl2N3O5S/c1-34-19-11-17(12-20(13-19)35-2)24-29-26(31-30-24)37-23(25(32)33)10-15-4-3-5-18(8-15)36-14-16-6-7-21(27)22(28)9-16/h3-13H,14H2,1-2H3,(H,32,33)(H,29,30,31)/b23-10-. The van der Waals surface area contributed by atoms with Crippen molar-refractivity contribution in [2.75, 3.05) is 14.2 Å². The average Bonchev–Trinajstić information content (AvgIpc) is 3.37. The summed E-state index contributed by atoms with van der Waals surface area (Å²) in [6.45, 7) is 0.277. The SMILES string of the molecule is COc1cc(OC)cc(-c2nc(S/C(=C\c3cccc(OCc4ccc(Cl)c(Cl)c4)c3)C(=O)O)n[nH]2)c1. The van der Waals surface area contributed by atoms with Crippen LogP contribution in [-0.4, -0.2) is 40.5 Å². The van der Waals surface area contributed by atoms with Gasteiger partial charge in [0.05, 0.1) is 24.3 Å². The second-order valence-electron chi connectivity index (χ2n) is 7.59. The molecule has 0 bridgehead atoms. The van der Waals surface area contributed by atoms with Gasteiger partial charge in [-0.15, -0.1) is 5.10 Å². The third-order valence-electron chi connectivity index (χ3n) is 5.05. The van der Waals surface area contributed by atoms with Gasteiger partial charge in [-0.2, -0.15) is 0 Å². The van der Waals surface area contributed by atoms with Crippen molar-refractivity contribution in [1.29, 1.82) is 0 Å². The van der Waals surface area contributed by atoms with Crippen molar-refractivity contribution in [3.63, 3.8) is 0 Å². The van der Waals surface area contributed by atoms with Crippen LogP contribution >= 0.6 is 35.0 Å². The lowest BCUT2D eigenvalue weighted by Gasteiger charge is -2.08. The molecule has 0 fully saturated rings. The number of carboxylic acid groups (broad SMARTS) is 1. The quantitative estimate of drug-likeness (QED) is 0.166. The number of halogens is 2. The molecule has 0 spiro atoms. The number of ether oxygens (including phenoxy) is 3. The molecule has 4 rings (SSSR count). The van der Waals surface area contributed by atoms with E-state index in [1.807, 2.05) is 6.07 Å². The number of benzene rings is 3. The van der Waals surface area contributed by atoms with E-state index in [0.29, 0.717) is 44.2 Å². The Morgan fingerprint density at radius 1 is 1.00 bits per heavy atom. The summed E-state index contributed by atoms with van der Waals surface area (Å²) in [6, 6.07) is 17.6. The lowest BCUT2D eigenvalue weighted by Crippen LogP contribution is -1.98. The summed E-state index contributed by atoms with van der Waals surface area (Å²) < 4.78 is 16.4. The highest BCUT2D eigenvalue weighted by Gasteiger charge is 2.15. The predicted octanol–water partition coefficient (Wildman–Crippen LogP) is 6.59. The molecule has 2 N–H and O–H groups in total. The number of hydrogen-bond acceptors (Lipinski definition) is 7. The van der Waals surface area contributed by atoms with Crippen LogP contribution in [0.1, 0.15) is 11.1 Å². The Labute approximate surface area is 227 Å². The van der Waals surface area contributed by atoms with Gasteiger partial charge in [0.15, 0.2) is 5.82 Å². The Morgan fingerprint density at radius 2 is 1.76 bits per heavy atom. The molecule has 11 heteroatoms. The molecule has 0 aliphatic carbocycles. The fourth-order valence-electron chi connectivity index (χ4n) is 3.24. The molecule has 0 amide bonds. The molecule has 1 heterocycles. The molecule has 0 aliphatic heterocycles. The molecule has 0 saturated carbocycles. The van der Waals surface area contributed by atoms with E-state index in [4.69, 9.17) is 37.4 Å². The van der Waals surface area contributed by atoms with E-state index in [-0.39, 0.29) is 16.7 Å². The molecule has 0 aliphatic rings. The lowest BCUT2D eigenvalue weighted by atomic mass is 10.2. The van der Waals surface area contributed by atoms with Gasteiger partial charge in [-0.3, -0.25) is 5.10 Å². The number of carboxylic acids is 1. The molecule has 0 saturated heterocycles. The predicted molar refractivity (Wildman–Crippen MR) is 144 cm³/mol. The van der Waals surface area contributed by atoms with Crippen LogP contribution in [0.5, 0.6) is 17.2 Å². The van der Waals surface area contributed by atoms with E-state index in [0.717, 1.165) is 17.3 Å². The maximum absolute atomic E-state index is 12.0. The lowest BCUT2D eigenvalue weighted by molar-refractivity contribution is -0.131. The summed E-state index contributed by atoms with van der Waals surface area (Å²) in [7, 11) is 3.11. The third-order valence-corrected chi connectivity index (χ3v) is 6.66. The van der Waals surface area contributed by atoms with Gasteiger partial charge in [0, 0.05) is 11.6 Å². The van der Waals surface area contributed by atoms with Crippen molar-refractivity contribution in [3.8, 4) is 28.6 Å². The van der Waals surface area contributed by atoms with Crippen LogP contribution in [0, 0.1) is 0 Å². The molecular formula is C26H21Cl2N3O5S. The first-order valence-corrected chi connectivity index (χ1v) is 12.4. The highest BCUT2D eigenvalue weighted by atomic mass is 35.5. The molecule has 0 radical (unpaired) electrons. The zero-order valence-corrected chi connectivity index (χ0v) is 22.0. The van der Waals surface area contributed by atoms with E-state index in [1.54, 1.807) is 68.8 Å². The minimum Gasteiger partial charge on any atom is -0.497 e. The van der Waals surface area contributed by atoms with Gasteiger partial charge in [-0.1, -0.05) is 41.4 Å². The minimum atomic E-state index is -1.11. The van der Waals surface area contributed by atoms with Crippen LogP contribution in [0.25, 0.3) is 17.5 Å². The highest BCUT2D eigenvalue weighted by Crippen LogP contribution is 2.31. The van der Waals surface area contributed by atoms with Crippen molar-refractivity contribution in [2.24, 2.45) is 0 Å². The number of aromatic nitrogens is 3. The van der Waals surface area contributed by atoms with E-state index in [9.17, 15) is 9.90 Å². The Bertz CT molecular complexity index is 1440. The summed E-state index contributed by atoms with van der Waals surface area (Å²) in [5.74, 6) is 1.09. The summed E-state index contributed by atoms with van der Waals surface area (Å²) in [4.78, 5) is 16.4. The Kier molecular flexibility index (Phi) is 8.60. The molecule has 3 aromatic carbocycles. The number of aliphatic carboxylic acids is 1. The summed E-state index contributed by atoms with van der Waals surface area (Å²) in [6.07, 6.45) is 1.53.